The number of nitrogens with one attached hydrogen (secondary N) is 1. The van der Waals surface area contributed by atoms with Crippen LogP contribution in [-0.2, 0) is 9.59 Å². The predicted molar refractivity (Wildman–Crippen MR) is 116 cm³/mol. The lowest BCUT2D eigenvalue weighted by Gasteiger charge is -2.38. The third-order valence-corrected chi connectivity index (χ3v) is 6.84. The molecule has 1 atom stereocenters. The SMILES string of the molecule is CSc1cccc(NC(=O)C(C)N2CCN(C(=O)CC3CCCCC3)CC2)c1. The number of thioether (sulfide) groups is 1. The van der Waals surface area contributed by atoms with E-state index in [9.17, 15) is 9.59 Å². The zero-order valence-corrected chi connectivity index (χ0v) is 18.0. The molecule has 1 saturated heterocycles. The van der Waals surface area contributed by atoms with Crippen molar-refractivity contribution >= 4 is 29.3 Å². The Hall–Kier alpha value is -1.53. The van der Waals surface area contributed by atoms with Crippen molar-refractivity contribution in [3.8, 4) is 0 Å². The molecule has 0 aromatic heterocycles. The number of carbonyl (C=O) groups is 2. The van der Waals surface area contributed by atoms with E-state index in [1.807, 2.05) is 42.3 Å². The summed E-state index contributed by atoms with van der Waals surface area (Å²) in [6, 6.07) is 7.72. The minimum absolute atomic E-state index is 0.0141. The van der Waals surface area contributed by atoms with E-state index in [0.29, 0.717) is 18.2 Å². The van der Waals surface area contributed by atoms with E-state index in [-0.39, 0.29) is 11.9 Å². The summed E-state index contributed by atoms with van der Waals surface area (Å²) in [6.45, 7) is 4.93. The van der Waals surface area contributed by atoms with E-state index >= 15 is 0 Å². The average Bonchev–Trinajstić information content (AvgIpc) is 2.74. The zero-order valence-electron chi connectivity index (χ0n) is 17.2. The van der Waals surface area contributed by atoms with Gasteiger partial charge in [0.15, 0.2) is 0 Å². The molecule has 0 spiro atoms. The van der Waals surface area contributed by atoms with Crippen molar-refractivity contribution in [2.24, 2.45) is 5.92 Å². The van der Waals surface area contributed by atoms with Gasteiger partial charge in [0.1, 0.15) is 0 Å². The molecule has 1 aromatic carbocycles. The number of piperazine rings is 1. The first-order chi connectivity index (χ1) is 13.6. The van der Waals surface area contributed by atoms with Crippen molar-refractivity contribution in [3.05, 3.63) is 24.3 Å². The van der Waals surface area contributed by atoms with Crippen LogP contribution in [0.3, 0.4) is 0 Å². The fourth-order valence-electron chi connectivity index (χ4n) is 4.24. The summed E-state index contributed by atoms with van der Waals surface area (Å²) in [6.07, 6.45) is 9.03. The van der Waals surface area contributed by atoms with Crippen molar-refractivity contribution in [3.63, 3.8) is 0 Å². The van der Waals surface area contributed by atoms with Crippen molar-refractivity contribution in [2.75, 3.05) is 37.8 Å². The van der Waals surface area contributed by atoms with Gasteiger partial charge in [-0.15, -0.1) is 11.8 Å². The summed E-state index contributed by atoms with van der Waals surface area (Å²) in [5, 5.41) is 3.03. The standard InChI is InChI=1S/C22H33N3O2S/c1-17(22(27)23-19-9-6-10-20(16-19)28-2)24-11-13-25(14-12-24)21(26)15-18-7-4-3-5-8-18/h6,9-10,16-18H,3-5,7-8,11-15H2,1-2H3,(H,23,27). The van der Waals surface area contributed by atoms with E-state index in [1.54, 1.807) is 11.8 Å². The van der Waals surface area contributed by atoms with Gasteiger partial charge in [-0.25, -0.2) is 0 Å². The van der Waals surface area contributed by atoms with Gasteiger partial charge in [-0.1, -0.05) is 25.3 Å². The third kappa shape index (κ3) is 5.74. The lowest BCUT2D eigenvalue weighted by Crippen LogP contribution is -2.54. The van der Waals surface area contributed by atoms with E-state index in [0.717, 1.165) is 36.8 Å². The van der Waals surface area contributed by atoms with Crippen LogP contribution in [0.1, 0.15) is 45.4 Å². The van der Waals surface area contributed by atoms with Crippen molar-refractivity contribution in [1.82, 2.24) is 9.80 Å². The summed E-state index contributed by atoms with van der Waals surface area (Å²) in [4.78, 5) is 30.6. The molecule has 1 saturated carbocycles. The molecule has 0 radical (unpaired) electrons. The number of anilines is 1. The average molecular weight is 404 g/mol. The molecule has 1 N–H and O–H groups in total. The van der Waals surface area contributed by atoms with Crippen LogP contribution in [-0.4, -0.2) is 60.1 Å². The first-order valence-electron chi connectivity index (χ1n) is 10.5. The fourth-order valence-corrected chi connectivity index (χ4v) is 4.70. The van der Waals surface area contributed by atoms with Crippen LogP contribution in [0, 0.1) is 5.92 Å². The van der Waals surface area contributed by atoms with Crippen LogP contribution >= 0.6 is 11.8 Å². The van der Waals surface area contributed by atoms with Gasteiger partial charge < -0.3 is 10.2 Å². The van der Waals surface area contributed by atoms with Gasteiger partial charge in [-0.2, -0.15) is 0 Å². The summed E-state index contributed by atoms with van der Waals surface area (Å²) in [7, 11) is 0. The van der Waals surface area contributed by atoms with Crippen LogP contribution in [0.5, 0.6) is 0 Å². The van der Waals surface area contributed by atoms with Crippen molar-refractivity contribution in [2.45, 2.75) is 56.4 Å². The summed E-state index contributed by atoms with van der Waals surface area (Å²) in [5.41, 5.74) is 0.838. The van der Waals surface area contributed by atoms with E-state index in [4.69, 9.17) is 0 Å². The summed E-state index contributed by atoms with van der Waals surface area (Å²) >= 11 is 1.66. The number of carbonyl (C=O) groups excluding carboxylic acids is 2. The predicted octanol–water partition coefficient (Wildman–Crippen LogP) is 3.85. The first-order valence-corrected chi connectivity index (χ1v) is 11.8. The first kappa shape index (κ1) is 21.2. The van der Waals surface area contributed by atoms with Gasteiger partial charge in [-0.05, 0) is 50.1 Å². The number of amides is 2. The minimum Gasteiger partial charge on any atom is -0.340 e. The second-order valence-corrected chi connectivity index (χ2v) is 8.90. The molecule has 154 valence electrons. The van der Waals surface area contributed by atoms with Gasteiger partial charge >= 0.3 is 0 Å². The topological polar surface area (TPSA) is 52.7 Å². The molecule has 5 nitrogen and oxygen atoms in total. The maximum Gasteiger partial charge on any atom is 0.241 e. The molecule has 28 heavy (non-hydrogen) atoms. The summed E-state index contributed by atoms with van der Waals surface area (Å²) in [5.74, 6) is 0.902. The maximum atomic E-state index is 12.6. The lowest BCUT2D eigenvalue weighted by molar-refractivity contribution is -0.135. The Labute approximate surface area is 173 Å². The van der Waals surface area contributed by atoms with E-state index in [2.05, 4.69) is 10.2 Å². The quantitative estimate of drug-likeness (QED) is 0.733. The van der Waals surface area contributed by atoms with Crippen LogP contribution in [0.25, 0.3) is 0 Å². The molecule has 3 rings (SSSR count). The number of hydrogen-bond donors (Lipinski definition) is 1. The number of benzene rings is 1. The smallest absolute Gasteiger partial charge is 0.241 e. The molecule has 2 aliphatic rings. The molecular weight excluding hydrogens is 370 g/mol. The molecule has 6 heteroatoms. The largest absolute Gasteiger partial charge is 0.340 e. The highest BCUT2D eigenvalue weighted by Crippen LogP contribution is 2.27. The number of hydrogen-bond acceptors (Lipinski definition) is 4. The molecule has 1 aliphatic carbocycles. The highest BCUT2D eigenvalue weighted by Gasteiger charge is 2.28. The highest BCUT2D eigenvalue weighted by atomic mass is 32.2. The second-order valence-electron chi connectivity index (χ2n) is 8.02. The van der Waals surface area contributed by atoms with Gasteiger partial charge in [0.05, 0.1) is 6.04 Å². The Morgan fingerprint density at radius 2 is 1.86 bits per heavy atom. The monoisotopic (exact) mass is 403 g/mol. The highest BCUT2D eigenvalue weighted by molar-refractivity contribution is 7.98. The molecule has 1 unspecified atom stereocenters. The second kappa shape index (κ2) is 10.3. The Kier molecular flexibility index (Phi) is 7.80. The number of rotatable bonds is 6. The van der Waals surface area contributed by atoms with E-state index < -0.39 is 0 Å². The zero-order chi connectivity index (χ0) is 19.9. The van der Waals surface area contributed by atoms with Crippen LogP contribution in [0.4, 0.5) is 5.69 Å². The summed E-state index contributed by atoms with van der Waals surface area (Å²) < 4.78 is 0. The Morgan fingerprint density at radius 3 is 2.54 bits per heavy atom. The van der Waals surface area contributed by atoms with Gasteiger partial charge in [0.25, 0.3) is 0 Å². The Bertz CT molecular complexity index is 668. The van der Waals surface area contributed by atoms with Gasteiger partial charge in [0.2, 0.25) is 11.8 Å². The Morgan fingerprint density at radius 1 is 1.14 bits per heavy atom. The third-order valence-electron chi connectivity index (χ3n) is 6.12. The molecule has 1 aliphatic heterocycles. The molecule has 1 aromatic rings. The van der Waals surface area contributed by atoms with Crippen LogP contribution < -0.4 is 5.32 Å². The minimum atomic E-state index is -0.200. The molecule has 2 amide bonds. The van der Waals surface area contributed by atoms with Crippen molar-refractivity contribution < 1.29 is 9.59 Å². The molecular formula is C22H33N3O2S. The van der Waals surface area contributed by atoms with Gasteiger partial charge in [0, 0.05) is 43.2 Å². The lowest BCUT2D eigenvalue weighted by atomic mass is 9.86. The molecule has 0 bridgehead atoms. The van der Waals surface area contributed by atoms with Crippen molar-refractivity contribution in [1.29, 1.82) is 0 Å². The normalized spacial score (nSPS) is 20.0. The number of nitrogens with zero attached hydrogens (tertiary/aromatic N) is 2. The maximum absolute atomic E-state index is 12.6. The Balaban J connectivity index is 1.45. The van der Waals surface area contributed by atoms with Gasteiger partial charge in [-0.3, -0.25) is 14.5 Å². The van der Waals surface area contributed by atoms with Crippen LogP contribution in [0.2, 0.25) is 0 Å². The molecule has 2 fully saturated rings. The van der Waals surface area contributed by atoms with E-state index in [1.165, 1.54) is 32.1 Å². The fraction of sp³-hybridized carbons (Fsp3) is 0.636. The van der Waals surface area contributed by atoms with Crippen LogP contribution in [0.15, 0.2) is 29.2 Å². The molecule has 1 heterocycles.